The van der Waals surface area contributed by atoms with E-state index in [2.05, 4.69) is 5.10 Å². The van der Waals surface area contributed by atoms with Crippen molar-refractivity contribution in [2.75, 3.05) is 0 Å². The topological polar surface area (TPSA) is 65.8 Å². The van der Waals surface area contributed by atoms with Crippen molar-refractivity contribution in [3.63, 3.8) is 0 Å². The molecule has 0 bridgehead atoms. The van der Waals surface area contributed by atoms with Crippen LogP contribution < -0.4 is 5.56 Å². The molecular weight excluding hydrogens is 448 g/mol. The molecule has 3 aromatic carbocycles. The fourth-order valence-corrected chi connectivity index (χ4v) is 4.07. The molecule has 0 fully saturated rings. The molecule has 0 amide bonds. The maximum Gasteiger partial charge on any atom is 0.269 e. The molecule has 0 N–H and O–H groups in total. The molecule has 0 unspecified atom stereocenters. The number of nitrogens with zero attached hydrogens (tertiary/aromatic N) is 4. The highest BCUT2D eigenvalue weighted by atomic mass is 35.5. The van der Waals surface area contributed by atoms with E-state index in [-0.39, 0.29) is 5.56 Å². The summed E-state index contributed by atoms with van der Waals surface area (Å²) in [6.45, 7) is 0. The van der Waals surface area contributed by atoms with Gasteiger partial charge in [-0.1, -0.05) is 54.1 Å². The van der Waals surface area contributed by atoms with Crippen LogP contribution in [0.3, 0.4) is 0 Å². The number of fused-ring (bicyclic) bond motifs is 1. The van der Waals surface area contributed by atoms with Gasteiger partial charge in [0.1, 0.15) is 11.2 Å². The second-order valence-corrected chi connectivity index (χ2v) is 8.22. The van der Waals surface area contributed by atoms with Gasteiger partial charge in [0.2, 0.25) is 0 Å². The van der Waals surface area contributed by atoms with Crippen LogP contribution >= 0.6 is 11.6 Å². The van der Waals surface area contributed by atoms with Crippen molar-refractivity contribution in [1.82, 2.24) is 19.3 Å². The highest BCUT2D eigenvalue weighted by molar-refractivity contribution is 6.30. The van der Waals surface area contributed by atoms with Crippen LogP contribution in [0.5, 0.6) is 0 Å². The molecule has 0 aliphatic rings. The van der Waals surface area contributed by atoms with Crippen molar-refractivity contribution in [2.45, 2.75) is 0 Å². The molecule has 3 heterocycles. The van der Waals surface area contributed by atoms with Gasteiger partial charge >= 0.3 is 0 Å². The summed E-state index contributed by atoms with van der Waals surface area (Å²) >= 11 is 6.10. The lowest BCUT2D eigenvalue weighted by Crippen LogP contribution is -2.21. The average Bonchev–Trinajstić information content (AvgIpc) is 3.56. The van der Waals surface area contributed by atoms with E-state index in [9.17, 15) is 4.79 Å². The summed E-state index contributed by atoms with van der Waals surface area (Å²) < 4.78 is 8.47. The van der Waals surface area contributed by atoms with E-state index >= 15 is 0 Å². The number of rotatable bonds is 4. The maximum atomic E-state index is 13.7. The molecule has 0 spiro atoms. The van der Waals surface area contributed by atoms with Crippen LogP contribution in [0, 0.1) is 0 Å². The minimum absolute atomic E-state index is 0.205. The third kappa shape index (κ3) is 3.50. The zero-order chi connectivity index (χ0) is 23.1. The summed E-state index contributed by atoms with van der Waals surface area (Å²) in [5.74, 6) is 0.497. The summed E-state index contributed by atoms with van der Waals surface area (Å²) in [4.78, 5) is 18.6. The van der Waals surface area contributed by atoms with Gasteiger partial charge in [0.25, 0.3) is 5.56 Å². The minimum atomic E-state index is -0.205. The predicted octanol–water partition coefficient (Wildman–Crippen LogP) is 6.15. The monoisotopic (exact) mass is 464 g/mol. The molecular formula is C27H17ClN4O2. The van der Waals surface area contributed by atoms with E-state index in [1.54, 1.807) is 40.1 Å². The number of hydrogen-bond acceptors (Lipinski definition) is 4. The van der Waals surface area contributed by atoms with Crippen molar-refractivity contribution in [2.24, 2.45) is 0 Å². The molecule has 0 atom stereocenters. The summed E-state index contributed by atoms with van der Waals surface area (Å²) in [5, 5.41) is 5.62. The van der Waals surface area contributed by atoms with Crippen LogP contribution in [0.15, 0.2) is 113 Å². The van der Waals surface area contributed by atoms with Gasteiger partial charge in [-0.05, 0) is 48.0 Å². The van der Waals surface area contributed by atoms with Gasteiger partial charge in [0, 0.05) is 22.3 Å². The van der Waals surface area contributed by atoms with Crippen LogP contribution in [0.4, 0.5) is 0 Å². The number of halogens is 1. The first-order valence-corrected chi connectivity index (χ1v) is 11.0. The Morgan fingerprint density at radius 2 is 1.50 bits per heavy atom. The summed E-state index contributed by atoms with van der Waals surface area (Å²) in [7, 11) is 0. The Morgan fingerprint density at radius 3 is 2.21 bits per heavy atom. The lowest BCUT2D eigenvalue weighted by atomic mass is 10.1. The lowest BCUT2D eigenvalue weighted by Gasteiger charge is -2.13. The van der Waals surface area contributed by atoms with Crippen LogP contribution in [0.25, 0.3) is 44.9 Å². The normalized spacial score (nSPS) is 11.2. The number of furan rings is 1. The number of para-hydroxylation sites is 1. The van der Waals surface area contributed by atoms with E-state index in [4.69, 9.17) is 21.0 Å². The van der Waals surface area contributed by atoms with E-state index in [0.717, 1.165) is 22.4 Å². The van der Waals surface area contributed by atoms with Crippen LogP contribution in [0.1, 0.15) is 0 Å². The molecule has 34 heavy (non-hydrogen) atoms. The summed E-state index contributed by atoms with van der Waals surface area (Å²) in [6, 6.07) is 26.5. The fraction of sp³-hybridized carbons (Fsp3) is 0. The molecule has 3 aromatic heterocycles. The van der Waals surface area contributed by atoms with Crippen molar-refractivity contribution in [3.05, 3.63) is 119 Å². The first-order valence-electron chi connectivity index (χ1n) is 10.6. The summed E-state index contributed by atoms with van der Waals surface area (Å²) in [6.07, 6.45) is 5.05. The third-order valence-corrected chi connectivity index (χ3v) is 5.91. The maximum absolute atomic E-state index is 13.7. The first kappa shape index (κ1) is 20.2. The van der Waals surface area contributed by atoms with Crippen molar-refractivity contribution in [3.8, 4) is 33.9 Å². The molecule has 0 saturated carbocycles. The standard InChI is InChI=1S/C27H17ClN4O2/c28-21-10-12-23(13-11-21)32-26(19-8-6-18(7-9-19)20-14-15-34-17-20)29-25-24(27(32)33)16-31(30-25)22-4-2-1-3-5-22/h1-17H. The zero-order valence-electron chi connectivity index (χ0n) is 17.8. The Balaban J connectivity index is 1.57. The van der Waals surface area contributed by atoms with Crippen LogP contribution in [0.2, 0.25) is 5.02 Å². The number of benzene rings is 3. The molecule has 7 heteroatoms. The van der Waals surface area contributed by atoms with Crippen LogP contribution in [-0.4, -0.2) is 19.3 Å². The zero-order valence-corrected chi connectivity index (χ0v) is 18.6. The first-order chi connectivity index (χ1) is 16.7. The number of aromatic nitrogens is 4. The number of hydrogen-bond donors (Lipinski definition) is 0. The van der Waals surface area contributed by atoms with Crippen molar-refractivity contribution >= 4 is 22.6 Å². The van der Waals surface area contributed by atoms with Gasteiger partial charge in [-0.15, -0.1) is 5.10 Å². The summed E-state index contributed by atoms with van der Waals surface area (Å²) in [5.41, 5.74) is 4.47. The smallest absolute Gasteiger partial charge is 0.269 e. The molecule has 6 aromatic rings. The van der Waals surface area contributed by atoms with Crippen molar-refractivity contribution in [1.29, 1.82) is 0 Å². The van der Waals surface area contributed by atoms with Crippen molar-refractivity contribution < 1.29 is 4.42 Å². The second-order valence-electron chi connectivity index (χ2n) is 7.79. The highest BCUT2D eigenvalue weighted by Gasteiger charge is 2.18. The van der Waals surface area contributed by atoms with Gasteiger partial charge in [-0.25, -0.2) is 9.67 Å². The Labute approximate surface area is 199 Å². The molecule has 0 saturated heterocycles. The van der Waals surface area contributed by atoms with Gasteiger partial charge in [0.05, 0.1) is 23.9 Å². The molecule has 6 rings (SSSR count). The minimum Gasteiger partial charge on any atom is -0.472 e. The second kappa shape index (κ2) is 8.17. The van der Waals surface area contributed by atoms with Gasteiger partial charge in [0.15, 0.2) is 5.65 Å². The third-order valence-electron chi connectivity index (χ3n) is 5.66. The van der Waals surface area contributed by atoms with E-state index in [1.807, 2.05) is 72.8 Å². The average molecular weight is 465 g/mol. The molecule has 164 valence electrons. The fourth-order valence-electron chi connectivity index (χ4n) is 3.94. The molecule has 0 radical (unpaired) electrons. The molecule has 6 nitrogen and oxygen atoms in total. The molecule has 0 aliphatic carbocycles. The SMILES string of the molecule is O=c1c2cn(-c3ccccc3)nc2nc(-c2ccc(-c3ccoc3)cc2)n1-c1ccc(Cl)cc1. The van der Waals surface area contributed by atoms with Gasteiger partial charge in [-0.2, -0.15) is 0 Å². The van der Waals surface area contributed by atoms with Crippen LogP contribution in [-0.2, 0) is 0 Å². The van der Waals surface area contributed by atoms with E-state index < -0.39 is 0 Å². The predicted molar refractivity (Wildman–Crippen MR) is 133 cm³/mol. The van der Waals surface area contributed by atoms with Gasteiger partial charge in [-0.3, -0.25) is 9.36 Å². The highest BCUT2D eigenvalue weighted by Crippen LogP contribution is 2.27. The largest absolute Gasteiger partial charge is 0.472 e. The Kier molecular flexibility index (Phi) is 4.86. The van der Waals surface area contributed by atoms with E-state index in [1.165, 1.54) is 0 Å². The van der Waals surface area contributed by atoms with Gasteiger partial charge < -0.3 is 4.42 Å². The Morgan fingerprint density at radius 1 is 0.765 bits per heavy atom. The Hall–Kier alpha value is -4.42. The molecule has 0 aliphatic heterocycles. The quantitative estimate of drug-likeness (QED) is 0.314. The van der Waals surface area contributed by atoms with E-state index in [0.29, 0.717) is 27.6 Å². The lowest BCUT2D eigenvalue weighted by molar-refractivity contribution is 0.568. The Bertz CT molecular complexity index is 1650.